The monoisotopic (exact) mass is 462 g/mol. The highest BCUT2D eigenvalue weighted by Gasteiger charge is 2.47. The summed E-state index contributed by atoms with van der Waals surface area (Å²) in [7, 11) is 0. The molecular weight excluding hydrogens is 441 g/mol. The van der Waals surface area contributed by atoms with Crippen LogP contribution in [0.4, 0.5) is 23.7 Å². The number of urea groups is 1. The predicted octanol–water partition coefficient (Wildman–Crippen LogP) is 2.10. The molecule has 1 saturated heterocycles. The van der Waals surface area contributed by atoms with Gasteiger partial charge in [0, 0.05) is 0 Å². The molecule has 174 valence electrons. The molecule has 0 bridgehead atoms. The molecule has 1 aliphatic rings. The third-order valence-electron chi connectivity index (χ3n) is 5.16. The molecule has 2 aromatic rings. The summed E-state index contributed by atoms with van der Waals surface area (Å²) in [6.45, 7) is 0.294. The van der Waals surface area contributed by atoms with E-state index < -0.39 is 65.5 Å². The normalized spacial score (nSPS) is 17.6. The maximum absolute atomic E-state index is 13.6. The first-order valence-electron chi connectivity index (χ1n) is 9.99. The third-order valence-corrected chi connectivity index (χ3v) is 5.16. The van der Waals surface area contributed by atoms with Crippen molar-refractivity contribution in [3.05, 3.63) is 65.5 Å². The molecule has 1 aliphatic heterocycles. The molecule has 0 aliphatic carbocycles. The summed E-state index contributed by atoms with van der Waals surface area (Å²) in [6.07, 6.45) is 0.853. The summed E-state index contributed by atoms with van der Waals surface area (Å²) in [5.41, 5.74) is -0.800. The van der Waals surface area contributed by atoms with Gasteiger partial charge in [-0.2, -0.15) is 0 Å². The van der Waals surface area contributed by atoms with E-state index in [0.717, 1.165) is 16.5 Å². The summed E-state index contributed by atoms with van der Waals surface area (Å²) in [5, 5.41) is 6.77. The Morgan fingerprint density at radius 3 is 2.39 bits per heavy atom. The number of imide groups is 1. The van der Waals surface area contributed by atoms with Gasteiger partial charge in [0.1, 0.15) is 12.1 Å². The second-order valence-corrected chi connectivity index (χ2v) is 7.69. The molecule has 33 heavy (non-hydrogen) atoms. The van der Waals surface area contributed by atoms with Gasteiger partial charge in [0.25, 0.3) is 5.91 Å². The lowest BCUT2D eigenvalue weighted by Gasteiger charge is -2.21. The molecule has 8 nitrogen and oxygen atoms in total. The Morgan fingerprint density at radius 1 is 1.00 bits per heavy atom. The second-order valence-electron chi connectivity index (χ2n) is 7.69. The second kappa shape index (κ2) is 9.72. The zero-order valence-corrected chi connectivity index (χ0v) is 17.6. The summed E-state index contributed by atoms with van der Waals surface area (Å²) < 4.78 is 39.8. The van der Waals surface area contributed by atoms with Crippen molar-refractivity contribution in [1.82, 2.24) is 15.5 Å². The summed E-state index contributed by atoms with van der Waals surface area (Å²) in [6, 6.07) is 10.1. The zero-order valence-electron chi connectivity index (χ0n) is 17.6. The number of hydrogen-bond acceptors (Lipinski definition) is 4. The van der Waals surface area contributed by atoms with Gasteiger partial charge in [-0.1, -0.05) is 30.3 Å². The quantitative estimate of drug-likeness (QED) is 0.413. The number of amides is 5. The summed E-state index contributed by atoms with van der Waals surface area (Å²) in [4.78, 5) is 49.8. The lowest BCUT2D eigenvalue weighted by Crippen LogP contribution is -2.46. The van der Waals surface area contributed by atoms with E-state index in [4.69, 9.17) is 0 Å². The molecule has 2 aromatic carbocycles. The largest absolute Gasteiger partial charge is 0.345 e. The molecular formula is C22H21F3N4O4. The van der Waals surface area contributed by atoms with Gasteiger partial charge >= 0.3 is 6.03 Å². The Labute approximate surface area is 187 Å². The van der Waals surface area contributed by atoms with Gasteiger partial charge in [-0.05, 0) is 37.5 Å². The number of benzene rings is 2. The molecule has 1 heterocycles. The molecule has 3 N–H and O–H groups in total. The van der Waals surface area contributed by atoms with E-state index in [0.29, 0.717) is 18.9 Å². The lowest BCUT2D eigenvalue weighted by atomic mass is 9.93. The average molecular weight is 462 g/mol. The van der Waals surface area contributed by atoms with Gasteiger partial charge in [-0.25, -0.2) is 18.0 Å². The van der Waals surface area contributed by atoms with Crippen LogP contribution in [0.5, 0.6) is 0 Å². The van der Waals surface area contributed by atoms with Crippen LogP contribution in [-0.4, -0.2) is 47.3 Å². The van der Waals surface area contributed by atoms with Crippen LogP contribution in [0.15, 0.2) is 42.5 Å². The molecule has 1 atom stereocenters. The van der Waals surface area contributed by atoms with E-state index in [-0.39, 0.29) is 0 Å². The maximum atomic E-state index is 13.6. The fourth-order valence-corrected chi connectivity index (χ4v) is 3.29. The van der Waals surface area contributed by atoms with Crippen molar-refractivity contribution in [3.8, 4) is 0 Å². The first-order valence-corrected chi connectivity index (χ1v) is 9.99. The number of rotatable bonds is 8. The fourth-order valence-electron chi connectivity index (χ4n) is 3.29. The van der Waals surface area contributed by atoms with Crippen molar-refractivity contribution in [2.45, 2.75) is 25.3 Å². The minimum absolute atomic E-state index is 0.321. The lowest BCUT2D eigenvalue weighted by molar-refractivity contribution is -0.134. The Hall–Kier alpha value is -3.89. The topological polar surface area (TPSA) is 108 Å². The molecule has 3 rings (SSSR count). The highest BCUT2D eigenvalue weighted by Crippen LogP contribution is 2.23. The van der Waals surface area contributed by atoms with Gasteiger partial charge in [0.15, 0.2) is 17.5 Å². The minimum Gasteiger partial charge on any atom is -0.345 e. The van der Waals surface area contributed by atoms with E-state index in [2.05, 4.69) is 10.6 Å². The van der Waals surface area contributed by atoms with Crippen molar-refractivity contribution in [1.29, 1.82) is 0 Å². The number of carbonyl (C=O) groups is 4. The van der Waals surface area contributed by atoms with Crippen molar-refractivity contribution in [3.63, 3.8) is 0 Å². The van der Waals surface area contributed by atoms with E-state index in [1.54, 1.807) is 6.92 Å². The van der Waals surface area contributed by atoms with E-state index in [1.807, 2.05) is 35.6 Å². The first-order chi connectivity index (χ1) is 15.6. The van der Waals surface area contributed by atoms with Crippen LogP contribution in [0.2, 0.25) is 0 Å². The smallest absolute Gasteiger partial charge is 0.325 e. The molecule has 0 saturated carbocycles. The Bertz CT molecular complexity index is 1100. The predicted molar refractivity (Wildman–Crippen MR) is 111 cm³/mol. The maximum Gasteiger partial charge on any atom is 0.325 e. The number of halogens is 3. The molecule has 0 radical (unpaired) electrons. The van der Waals surface area contributed by atoms with Gasteiger partial charge < -0.3 is 16.0 Å². The fraction of sp³-hybridized carbons (Fsp3) is 0.273. The Morgan fingerprint density at radius 2 is 1.70 bits per heavy atom. The Balaban J connectivity index is 1.51. The molecule has 0 aromatic heterocycles. The summed E-state index contributed by atoms with van der Waals surface area (Å²) >= 11 is 0. The number of hydrogen-bond donors (Lipinski definition) is 3. The highest BCUT2D eigenvalue weighted by atomic mass is 19.2. The first kappa shape index (κ1) is 23.8. The number of aryl methyl sites for hydroxylation is 1. The minimum atomic E-state index is -1.74. The average Bonchev–Trinajstić information content (AvgIpc) is 3.00. The van der Waals surface area contributed by atoms with Gasteiger partial charge in [0.2, 0.25) is 11.8 Å². The van der Waals surface area contributed by atoms with E-state index >= 15 is 0 Å². The van der Waals surface area contributed by atoms with E-state index in [9.17, 15) is 32.3 Å². The van der Waals surface area contributed by atoms with Crippen LogP contribution in [0, 0.1) is 17.5 Å². The molecule has 11 heteroatoms. The van der Waals surface area contributed by atoms with Crippen molar-refractivity contribution >= 4 is 29.4 Å². The Kier molecular flexibility index (Phi) is 7.00. The number of nitrogens with zero attached hydrogens (tertiary/aromatic N) is 1. The van der Waals surface area contributed by atoms with E-state index in [1.165, 1.54) is 0 Å². The van der Waals surface area contributed by atoms with Crippen LogP contribution < -0.4 is 16.0 Å². The van der Waals surface area contributed by atoms with Crippen LogP contribution >= 0.6 is 0 Å². The number of anilines is 1. The van der Waals surface area contributed by atoms with Crippen molar-refractivity contribution in [2.24, 2.45) is 0 Å². The SMILES string of the molecule is C[C@@]1(CCc2ccccc2)NC(=O)N(CC(=O)NCC(=O)Nc2ccc(F)c(F)c2F)C1=O. The summed E-state index contributed by atoms with van der Waals surface area (Å²) in [5.74, 6) is -7.05. The molecule has 5 amide bonds. The number of nitrogens with one attached hydrogen (secondary N) is 3. The van der Waals surface area contributed by atoms with Crippen LogP contribution in [-0.2, 0) is 20.8 Å². The zero-order chi connectivity index (χ0) is 24.2. The highest BCUT2D eigenvalue weighted by molar-refractivity contribution is 6.09. The van der Waals surface area contributed by atoms with Gasteiger partial charge in [-0.3, -0.25) is 19.3 Å². The van der Waals surface area contributed by atoms with Crippen LogP contribution in [0.1, 0.15) is 18.9 Å². The van der Waals surface area contributed by atoms with Crippen molar-refractivity contribution in [2.75, 3.05) is 18.4 Å². The van der Waals surface area contributed by atoms with Gasteiger partial charge in [-0.15, -0.1) is 0 Å². The number of carbonyl (C=O) groups excluding carboxylic acids is 4. The molecule has 1 fully saturated rings. The third kappa shape index (κ3) is 5.48. The van der Waals surface area contributed by atoms with Crippen LogP contribution in [0.3, 0.4) is 0 Å². The molecule has 0 unspecified atom stereocenters. The standard InChI is InChI=1S/C22H21F3N4O4/c1-22(10-9-13-5-3-2-4-6-13)20(32)29(21(33)28-22)12-17(31)26-11-16(30)27-15-8-7-14(23)18(24)19(15)25/h2-8H,9-12H2,1H3,(H,26,31)(H,27,30)(H,28,33)/t22-/m0/s1. The van der Waals surface area contributed by atoms with Crippen LogP contribution in [0.25, 0.3) is 0 Å². The van der Waals surface area contributed by atoms with Crippen molar-refractivity contribution < 1.29 is 32.3 Å². The van der Waals surface area contributed by atoms with Gasteiger partial charge in [0.05, 0.1) is 12.2 Å². The molecule has 0 spiro atoms.